The normalized spacial score (nSPS) is 22.2. The highest BCUT2D eigenvalue weighted by molar-refractivity contribution is 7.99. The second-order valence-electron chi connectivity index (χ2n) is 8.48. The number of carbonyl (C=O) groups is 1. The minimum absolute atomic E-state index is 0.288. The Morgan fingerprint density at radius 3 is 2.59 bits per heavy atom. The Kier molecular flexibility index (Phi) is 8.66. The molecule has 14 heteroatoms. The zero-order valence-corrected chi connectivity index (χ0v) is 21.2. The van der Waals surface area contributed by atoms with E-state index >= 15 is 0 Å². The van der Waals surface area contributed by atoms with Gasteiger partial charge in [-0.2, -0.15) is 11.8 Å². The first-order valence-electron chi connectivity index (χ1n) is 11.5. The van der Waals surface area contributed by atoms with Crippen molar-refractivity contribution in [1.29, 1.82) is 0 Å². The van der Waals surface area contributed by atoms with Crippen molar-refractivity contribution in [2.45, 2.75) is 43.5 Å². The van der Waals surface area contributed by atoms with Gasteiger partial charge in [0.1, 0.15) is 36.1 Å². The molecule has 0 saturated carbocycles. The summed E-state index contributed by atoms with van der Waals surface area (Å²) < 4.78 is 18.2. The third-order valence-corrected chi connectivity index (χ3v) is 7.10. The molecular weight excluding hydrogens is 504 g/mol. The number of ether oxygens (including phenoxy) is 3. The van der Waals surface area contributed by atoms with Crippen LogP contribution < -0.4 is 20.5 Å². The molecule has 1 aliphatic rings. The molecule has 200 valence electrons. The van der Waals surface area contributed by atoms with Gasteiger partial charge in [0.25, 0.3) is 0 Å². The molecule has 4 rings (SSSR count). The van der Waals surface area contributed by atoms with Gasteiger partial charge in [0.2, 0.25) is 0 Å². The lowest BCUT2D eigenvalue weighted by Crippen LogP contribution is -2.33. The molecule has 1 saturated heterocycles. The monoisotopic (exact) mass is 534 g/mol. The summed E-state index contributed by atoms with van der Waals surface area (Å²) in [5, 5.41) is 33.4. The van der Waals surface area contributed by atoms with Crippen LogP contribution in [-0.4, -0.2) is 90.9 Å². The second kappa shape index (κ2) is 11.9. The summed E-state index contributed by atoms with van der Waals surface area (Å²) in [5.74, 6) is 1.60. The van der Waals surface area contributed by atoms with Crippen LogP contribution in [0.3, 0.4) is 0 Å². The van der Waals surface area contributed by atoms with E-state index in [1.54, 1.807) is 24.9 Å². The third-order valence-electron chi connectivity index (χ3n) is 6.01. The number of carboxylic acids is 1. The van der Waals surface area contributed by atoms with Gasteiger partial charge in [-0.25, -0.2) is 15.0 Å². The molecule has 6 N–H and O–H groups in total. The SMILES string of the molecule is COc1cc(CNc2ncnc3c2ncn3[C@@H]2O[C@H](CSCC[C@H](N)C(=O)O)[C@@H](O)[C@H]2O)cc(OC)c1. The number of methoxy groups -OCH3 is 2. The summed E-state index contributed by atoms with van der Waals surface area (Å²) in [6, 6.07) is 4.60. The quantitative estimate of drug-likeness (QED) is 0.204. The Morgan fingerprint density at radius 1 is 1.19 bits per heavy atom. The lowest BCUT2D eigenvalue weighted by atomic mass is 10.1. The van der Waals surface area contributed by atoms with Gasteiger partial charge in [-0.1, -0.05) is 0 Å². The molecule has 5 atom stereocenters. The highest BCUT2D eigenvalue weighted by atomic mass is 32.2. The first-order chi connectivity index (χ1) is 17.8. The smallest absolute Gasteiger partial charge is 0.320 e. The van der Waals surface area contributed by atoms with Gasteiger partial charge < -0.3 is 40.6 Å². The number of hydrogen-bond acceptors (Lipinski definition) is 12. The zero-order valence-electron chi connectivity index (χ0n) is 20.4. The van der Waals surface area contributed by atoms with E-state index < -0.39 is 36.6 Å². The molecule has 0 radical (unpaired) electrons. The van der Waals surface area contributed by atoms with Crippen molar-refractivity contribution in [2.24, 2.45) is 5.73 Å². The number of rotatable bonds is 12. The van der Waals surface area contributed by atoms with Gasteiger partial charge in [-0.3, -0.25) is 9.36 Å². The molecule has 1 fully saturated rings. The molecule has 0 amide bonds. The second-order valence-corrected chi connectivity index (χ2v) is 9.63. The van der Waals surface area contributed by atoms with Crippen LogP contribution in [-0.2, 0) is 16.1 Å². The average molecular weight is 535 g/mol. The van der Waals surface area contributed by atoms with Crippen LogP contribution >= 0.6 is 11.8 Å². The topological polar surface area (TPSA) is 187 Å². The molecule has 2 aromatic heterocycles. The molecule has 0 aliphatic carbocycles. The molecule has 0 spiro atoms. The van der Waals surface area contributed by atoms with Crippen molar-refractivity contribution in [1.82, 2.24) is 19.5 Å². The average Bonchev–Trinajstić information content (AvgIpc) is 3.45. The fraction of sp³-hybridized carbons (Fsp3) is 0.478. The number of aliphatic carboxylic acids is 1. The Balaban J connectivity index is 1.44. The van der Waals surface area contributed by atoms with Gasteiger partial charge in [0, 0.05) is 18.4 Å². The number of nitrogens with one attached hydrogen (secondary N) is 1. The highest BCUT2D eigenvalue weighted by Crippen LogP contribution is 2.34. The number of carboxylic acid groups (broad SMARTS) is 1. The lowest BCUT2D eigenvalue weighted by Gasteiger charge is -2.16. The number of nitrogens with zero attached hydrogens (tertiary/aromatic N) is 4. The summed E-state index contributed by atoms with van der Waals surface area (Å²) >= 11 is 1.40. The number of thioether (sulfide) groups is 1. The molecule has 0 bridgehead atoms. The van der Waals surface area contributed by atoms with Gasteiger partial charge in [0.15, 0.2) is 23.2 Å². The van der Waals surface area contributed by atoms with E-state index in [9.17, 15) is 15.0 Å². The summed E-state index contributed by atoms with van der Waals surface area (Å²) in [5.41, 5.74) is 7.33. The number of hydrogen-bond donors (Lipinski definition) is 5. The van der Waals surface area contributed by atoms with Gasteiger partial charge in [-0.15, -0.1) is 0 Å². The van der Waals surface area contributed by atoms with Crippen molar-refractivity contribution < 1.29 is 34.3 Å². The van der Waals surface area contributed by atoms with Crippen LogP contribution in [0, 0.1) is 0 Å². The number of aliphatic hydroxyl groups excluding tert-OH is 2. The number of aliphatic hydroxyl groups is 2. The summed E-state index contributed by atoms with van der Waals surface area (Å²) in [4.78, 5) is 23.9. The molecule has 37 heavy (non-hydrogen) atoms. The molecule has 1 aromatic carbocycles. The van der Waals surface area contributed by atoms with E-state index in [1.165, 1.54) is 24.4 Å². The standard InChI is InChI=1S/C23H30N6O7S/c1-34-13-5-12(6-14(7-13)35-2)8-25-20-17-21(27-10-26-20)29(11-28-17)22-19(31)18(30)16(36-22)9-37-4-3-15(24)23(32)33/h5-7,10-11,15-16,18-19,22,30-31H,3-4,8-9,24H2,1-2H3,(H,32,33)(H,25,26,27)/t15-,16+,18+,19+,22+/m0/s1. The molecule has 1 aliphatic heterocycles. The highest BCUT2D eigenvalue weighted by Gasteiger charge is 2.44. The van der Waals surface area contributed by atoms with Crippen LogP contribution in [0.25, 0.3) is 11.2 Å². The molecule has 13 nitrogen and oxygen atoms in total. The van der Waals surface area contributed by atoms with Crippen LogP contribution in [0.4, 0.5) is 5.82 Å². The zero-order chi connectivity index (χ0) is 26.5. The van der Waals surface area contributed by atoms with Gasteiger partial charge in [-0.05, 0) is 29.9 Å². The Bertz CT molecular complexity index is 1210. The predicted octanol–water partition coefficient (Wildman–Crippen LogP) is 0.610. The van der Waals surface area contributed by atoms with Crippen molar-refractivity contribution in [3.8, 4) is 11.5 Å². The first kappa shape index (κ1) is 26.9. The summed E-state index contributed by atoms with van der Waals surface area (Å²) in [6.45, 7) is 0.415. The van der Waals surface area contributed by atoms with Crippen molar-refractivity contribution >= 4 is 34.7 Å². The molecular formula is C23H30N6O7S. The summed E-state index contributed by atoms with van der Waals surface area (Å²) in [7, 11) is 3.17. The van der Waals surface area contributed by atoms with E-state index in [0.717, 1.165) is 5.56 Å². The Labute approximate surface area is 217 Å². The Hall–Kier alpha value is -3.17. The maximum absolute atomic E-state index is 10.8. The molecule has 3 heterocycles. The third kappa shape index (κ3) is 6.05. The van der Waals surface area contributed by atoms with Crippen molar-refractivity contribution in [2.75, 3.05) is 31.0 Å². The number of aromatic nitrogens is 4. The number of benzene rings is 1. The maximum Gasteiger partial charge on any atom is 0.320 e. The minimum Gasteiger partial charge on any atom is -0.497 e. The van der Waals surface area contributed by atoms with Crippen LogP contribution in [0.5, 0.6) is 11.5 Å². The maximum atomic E-state index is 10.8. The van der Waals surface area contributed by atoms with E-state index in [-0.39, 0.29) is 6.42 Å². The fourth-order valence-electron chi connectivity index (χ4n) is 3.95. The van der Waals surface area contributed by atoms with Gasteiger partial charge in [0.05, 0.1) is 26.7 Å². The Morgan fingerprint density at radius 2 is 1.92 bits per heavy atom. The largest absolute Gasteiger partial charge is 0.497 e. The summed E-state index contributed by atoms with van der Waals surface area (Å²) in [6.07, 6.45) is -0.753. The number of fused-ring (bicyclic) bond motifs is 1. The van der Waals surface area contributed by atoms with E-state index in [1.807, 2.05) is 12.1 Å². The van der Waals surface area contributed by atoms with Gasteiger partial charge >= 0.3 is 5.97 Å². The van der Waals surface area contributed by atoms with E-state index in [2.05, 4.69) is 20.3 Å². The predicted molar refractivity (Wildman–Crippen MR) is 136 cm³/mol. The number of nitrogens with two attached hydrogens (primary N) is 1. The van der Waals surface area contributed by atoms with Crippen LogP contribution in [0.1, 0.15) is 18.2 Å². The van der Waals surface area contributed by atoms with Crippen LogP contribution in [0.15, 0.2) is 30.9 Å². The lowest BCUT2D eigenvalue weighted by molar-refractivity contribution is -0.138. The molecule has 0 unspecified atom stereocenters. The van der Waals surface area contributed by atoms with Crippen molar-refractivity contribution in [3.05, 3.63) is 36.4 Å². The first-order valence-corrected chi connectivity index (χ1v) is 12.7. The van der Waals surface area contributed by atoms with E-state index in [0.29, 0.717) is 46.5 Å². The number of imidazole rings is 1. The van der Waals surface area contributed by atoms with Crippen molar-refractivity contribution in [3.63, 3.8) is 0 Å². The molecule has 3 aromatic rings. The fourth-order valence-corrected chi connectivity index (χ4v) is 5.05. The number of anilines is 1. The van der Waals surface area contributed by atoms with Crippen LogP contribution in [0.2, 0.25) is 0 Å². The minimum atomic E-state index is -1.21. The van der Waals surface area contributed by atoms with E-state index in [4.69, 9.17) is 25.1 Å².